The minimum atomic E-state index is -3.71. The number of sulfonamides is 1. The van der Waals surface area contributed by atoms with Crippen molar-refractivity contribution in [2.24, 2.45) is 0 Å². The highest BCUT2D eigenvalue weighted by Gasteiger charge is 2.44. The lowest BCUT2D eigenvalue weighted by molar-refractivity contribution is 0.309. The molecular weight excluding hydrogens is 350 g/mol. The second-order valence-corrected chi connectivity index (χ2v) is 9.43. The normalized spacial score (nSPS) is 17.3. The lowest BCUT2D eigenvalue weighted by atomic mass is 10.3. The monoisotopic (exact) mass is 361 g/mol. The molecule has 7 nitrogen and oxygen atoms in total. The van der Waals surface area contributed by atoms with Crippen molar-refractivity contribution in [1.29, 1.82) is 0 Å². The van der Waals surface area contributed by atoms with E-state index in [1.165, 1.54) is 36.8 Å². The van der Waals surface area contributed by atoms with E-state index in [1.54, 1.807) is 0 Å². The van der Waals surface area contributed by atoms with E-state index >= 15 is 0 Å². The van der Waals surface area contributed by atoms with Crippen LogP contribution in [0.5, 0.6) is 0 Å². The van der Waals surface area contributed by atoms with Crippen molar-refractivity contribution in [3.63, 3.8) is 0 Å². The van der Waals surface area contributed by atoms with Crippen LogP contribution in [0.4, 0.5) is 0 Å². The van der Waals surface area contributed by atoms with Gasteiger partial charge in [-0.2, -0.15) is 4.31 Å². The summed E-state index contributed by atoms with van der Waals surface area (Å²) in [5.41, 5.74) is 0. The molecule has 0 atom stereocenters. The van der Waals surface area contributed by atoms with Crippen molar-refractivity contribution >= 4 is 31.5 Å². The number of imidazole rings is 1. The minimum Gasteiger partial charge on any atom is -0.335 e. The zero-order valence-electron chi connectivity index (χ0n) is 11.2. The molecule has 10 heteroatoms. The Morgan fingerprint density at radius 2 is 1.77 bits per heavy atom. The molecular formula is C12H12ClN3O4S2. The number of rotatable bonds is 4. The Labute approximate surface area is 132 Å². The molecule has 0 saturated carbocycles. The Hall–Kier alpha value is -1.42. The third-order valence-corrected chi connectivity index (χ3v) is 7.60. The second kappa shape index (κ2) is 5.34. The molecule has 22 heavy (non-hydrogen) atoms. The van der Waals surface area contributed by atoms with Crippen LogP contribution in [0.1, 0.15) is 0 Å². The van der Waals surface area contributed by atoms with Crippen LogP contribution in [0.3, 0.4) is 0 Å². The summed E-state index contributed by atoms with van der Waals surface area (Å²) in [4.78, 5) is 6.31. The lowest BCUT2D eigenvalue weighted by Gasteiger charge is -2.36. The van der Waals surface area contributed by atoms with E-state index in [9.17, 15) is 16.8 Å². The van der Waals surface area contributed by atoms with Gasteiger partial charge in [0.1, 0.15) is 0 Å². The van der Waals surface area contributed by atoms with E-state index in [4.69, 9.17) is 11.6 Å². The van der Waals surface area contributed by atoms with E-state index < -0.39 is 25.1 Å². The number of halogens is 1. The van der Waals surface area contributed by atoms with Gasteiger partial charge in [0.25, 0.3) is 10.0 Å². The summed E-state index contributed by atoms with van der Waals surface area (Å²) in [5.74, 6) is 0. The molecule has 0 unspecified atom stereocenters. The number of nitrogens with one attached hydrogen (secondary N) is 1. The maximum absolute atomic E-state index is 12.4. The van der Waals surface area contributed by atoms with Crippen LogP contribution < -0.4 is 0 Å². The summed E-state index contributed by atoms with van der Waals surface area (Å²) in [6.07, 6.45) is 2.45. The maximum atomic E-state index is 12.4. The largest absolute Gasteiger partial charge is 0.335 e. The van der Waals surface area contributed by atoms with Crippen molar-refractivity contribution in [1.82, 2.24) is 14.3 Å². The van der Waals surface area contributed by atoms with Gasteiger partial charge in [0.05, 0.1) is 22.7 Å². The number of sulfone groups is 1. The van der Waals surface area contributed by atoms with Gasteiger partial charge in [-0.3, -0.25) is 0 Å². The molecule has 1 N–H and O–H groups in total. The molecule has 1 saturated heterocycles. The molecule has 1 aromatic carbocycles. The van der Waals surface area contributed by atoms with Crippen molar-refractivity contribution in [2.75, 3.05) is 13.1 Å². The van der Waals surface area contributed by atoms with Crippen molar-refractivity contribution < 1.29 is 16.8 Å². The highest BCUT2D eigenvalue weighted by Crippen LogP contribution is 2.28. The average molecular weight is 362 g/mol. The zero-order valence-corrected chi connectivity index (χ0v) is 13.6. The summed E-state index contributed by atoms with van der Waals surface area (Å²) in [5, 5.41) is -0.364. The average Bonchev–Trinajstić information content (AvgIpc) is 2.91. The summed E-state index contributed by atoms with van der Waals surface area (Å²) >= 11 is 5.74. The molecule has 118 valence electrons. The first kappa shape index (κ1) is 15.5. The van der Waals surface area contributed by atoms with Gasteiger partial charge in [-0.25, -0.2) is 21.8 Å². The predicted octanol–water partition coefficient (Wildman–Crippen LogP) is 0.910. The number of hydrogen-bond acceptors (Lipinski definition) is 5. The Balaban J connectivity index is 1.77. The minimum absolute atomic E-state index is 0.0464. The highest BCUT2D eigenvalue weighted by molar-refractivity contribution is 7.92. The molecule has 0 bridgehead atoms. The number of hydrogen-bond donors (Lipinski definition) is 1. The second-order valence-electron chi connectivity index (χ2n) is 4.86. The van der Waals surface area contributed by atoms with Crippen molar-refractivity contribution in [3.8, 4) is 0 Å². The first-order valence-electron chi connectivity index (χ1n) is 6.30. The molecule has 1 fully saturated rings. The third kappa shape index (κ3) is 2.54. The topological polar surface area (TPSA) is 100 Å². The van der Waals surface area contributed by atoms with Crippen LogP contribution in [0.2, 0.25) is 5.02 Å². The summed E-state index contributed by atoms with van der Waals surface area (Å²) in [6, 6.07) is 5.83. The van der Waals surface area contributed by atoms with Gasteiger partial charge in [0.15, 0.2) is 14.9 Å². The van der Waals surface area contributed by atoms with E-state index in [-0.39, 0.29) is 23.0 Å². The SMILES string of the molecule is O=S(=O)(c1ccc(Cl)cc1)C1CN(S(=O)(=O)c2cnc[nH]2)C1. The van der Waals surface area contributed by atoms with E-state index in [0.29, 0.717) is 5.02 Å². The molecule has 1 aliphatic heterocycles. The highest BCUT2D eigenvalue weighted by atomic mass is 35.5. The Kier molecular flexibility index (Phi) is 3.76. The Morgan fingerprint density at radius 1 is 1.14 bits per heavy atom. The molecule has 0 amide bonds. The zero-order chi connectivity index (χ0) is 16.0. The first-order chi connectivity index (χ1) is 10.3. The van der Waals surface area contributed by atoms with Crippen LogP contribution in [-0.2, 0) is 19.9 Å². The first-order valence-corrected chi connectivity index (χ1v) is 9.66. The van der Waals surface area contributed by atoms with Crippen LogP contribution in [0.15, 0.2) is 46.7 Å². The fourth-order valence-corrected chi connectivity index (χ4v) is 5.53. The molecule has 0 aliphatic carbocycles. The number of aromatic nitrogens is 2. The van der Waals surface area contributed by atoms with Gasteiger partial charge < -0.3 is 4.98 Å². The number of nitrogens with zero attached hydrogens (tertiary/aromatic N) is 2. The number of benzene rings is 1. The van der Waals surface area contributed by atoms with Crippen molar-refractivity contribution in [2.45, 2.75) is 15.2 Å². The quantitative estimate of drug-likeness (QED) is 0.872. The van der Waals surface area contributed by atoms with Gasteiger partial charge >= 0.3 is 0 Å². The predicted molar refractivity (Wildman–Crippen MR) is 79.8 cm³/mol. The van der Waals surface area contributed by atoms with Crippen molar-refractivity contribution in [3.05, 3.63) is 41.8 Å². The molecule has 3 rings (SSSR count). The standard InChI is InChI=1S/C12H12ClN3O4S2/c13-9-1-3-10(4-2-9)21(17,18)11-6-16(7-11)22(19,20)12-5-14-8-15-12/h1-5,8,11H,6-7H2,(H,14,15). The smallest absolute Gasteiger partial charge is 0.260 e. The summed E-state index contributed by atoms with van der Waals surface area (Å²) in [6.45, 7) is -0.154. The molecule has 0 spiro atoms. The molecule has 2 heterocycles. The molecule has 1 aromatic heterocycles. The van der Waals surface area contributed by atoms with E-state index in [0.717, 1.165) is 4.31 Å². The number of aromatic amines is 1. The summed E-state index contributed by atoms with van der Waals surface area (Å²) in [7, 11) is -7.28. The maximum Gasteiger partial charge on any atom is 0.260 e. The third-order valence-electron chi connectivity index (χ3n) is 3.49. The van der Waals surface area contributed by atoms with Crippen LogP contribution in [-0.4, -0.2) is 49.4 Å². The molecule has 2 aromatic rings. The summed E-state index contributed by atoms with van der Waals surface area (Å²) < 4.78 is 50.3. The number of H-pyrrole nitrogens is 1. The fraction of sp³-hybridized carbons (Fsp3) is 0.250. The van der Waals surface area contributed by atoms with Crippen LogP contribution in [0.25, 0.3) is 0 Å². The fourth-order valence-electron chi connectivity index (χ4n) is 2.13. The van der Waals surface area contributed by atoms with Gasteiger partial charge in [0.2, 0.25) is 0 Å². The van der Waals surface area contributed by atoms with Gasteiger partial charge in [-0.1, -0.05) is 11.6 Å². The van der Waals surface area contributed by atoms with E-state index in [2.05, 4.69) is 9.97 Å². The van der Waals surface area contributed by atoms with Gasteiger partial charge in [-0.05, 0) is 24.3 Å². The Morgan fingerprint density at radius 3 is 2.32 bits per heavy atom. The van der Waals surface area contributed by atoms with Gasteiger partial charge in [0, 0.05) is 18.1 Å². The molecule has 0 radical (unpaired) electrons. The van der Waals surface area contributed by atoms with Crippen LogP contribution >= 0.6 is 11.6 Å². The van der Waals surface area contributed by atoms with Gasteiger partial charge in [-0.15, -0.1) is 0 Å². The Bertz CT molecular complexity index is 871. The van der Waals surface area contributed by atoms with E-state index in [1.807, 2.05) is 0 Å². The lowest BCUT2D eigenvalue weighted by Crippen LogP contribution is -2.56. The molecule has 1 aliphatic rings. The van der Waals surface area contributed by atoms with Crippen LogP contribution in [0, 0.1) is 0 Å².